The number of hydrogen-bond acceptors (Lipinski definition) is 4. The molecule has 0 bridgehead atoms. The predicted molar refractivity (Wildman–Crippen MR) is 101 cm³/mol. The zero-order chi connectivity index (χ0) is 18.9. The fraction of sp³-hybridized carbons (Fsp3) is 0.333. The summed E-state index contributed by atoms with van der Waals surface area (Å²) < 4.78 is 10.7. The zero-order valence-corrected chi connectivity index (χ0v) is 15.5. The summed E-state index contributed by atoms with van der Waals surface area (Å²) in [4.78, 5) is 24.0. The number of para-hydroxylation sites is 1. The molecule has 0 aliphatic rings. The number of anilines is 1. The largest absolute Gasteiger partial charge is 0.493 e. The third kappa shape index (κ3) is 5.92. The molecule has 0 aliphatic carbocycles. The lowest BCUT2D eigenvalue weighted by Gasteiger charge is -2.14. The summed E-state index contributed by atoms with van der Waals surface area (Å²) in [6, 6.07) is 15.2. The summed E-state index contributed by atoms with van der Waals surface area (Å²) in [5.74, 6) is -0.0911. The monoisotopic (exact) mass is 355 g/mol. The Morgan fingerprint density at radius 1 is 1.08 bits per heavy atom. The SMILES string of the molecule is CCc1ccc(NC(=O)[C@H](C)OC(=O)CCOc2ccccc2C)cc1. The highest BCUT2D eigenvalue weighted by Crippen LogP contribution is 2.16. The summed E-state index contributed by atoms with van der Waals surface area (Å²) in [5, 5.41) is 2.74. The molecule has 0 unspecified atom stereocenters. The van der Waals surface area contributed by atoms with E-state index in [1.165, 1.54) is 5.56 Å². The van der Waals surface area contributed by atoms with Crippen molar-refractivity contribution in [2.75, 3.05) is 11.9 Å². The van der Waals surface area contributed by atoms with E-state index < -0.39 is 12.1 Å². The molecule has 0 spiro atoms. The van der Waals surface area contributed by atoms with Crippen LogP contribution < -0.4 is 10.1 Å². The molecule has 0 fully saturated rings. The van der Waals surface area contributed by atoms with Gasteiger partial charge in [0.2, 0.25) is 0 Å². The third-order valence-electron chi connectivity index (χ3n) is 3.96. The smallest absolute Gasteiger partial charge is 0.310 e. The number of rotatable bonds is 8. The van der Waals surface area contributed by atoms with E-state index in [2.05, 4.69) is 12.2 Å². The lowest BCUT2D eigenvalue weighted by Crippen LogP contribution is -2.30. The lowest BCUT2D eigenvalue weighted by atomic mass is 10.1. The summed E-state index contributed by atoms with van der Waals surface area (Å²) in [5.41, 5.74) is 2.87. The fourth-order valence-electron chi connectivity index (χ4n) is 2.34. The van der Waals surface area contributed by atoms with E-state index in [4.69, 9.17) is 9.47 Å². The van der Waals surface area contributed by atoms with Crippen LogP contribution in [0.5, 0.6) is 5.75 Å². The van der Waals surface area contributed by atoms with Gasteiger partial charge in [-0.3, -0.25) is 9.59 Å². The number of benzene rings is 2. The molecular formula is C21H25NO4. The van der Waals surface area contributed by atoms with E-state index in [1.54, 1.807) is 6.92 Å². The van der Waals surface area contributed by atoms with Gasteiger partial charge in [0.05, 0.1) is 13.0 Å². The van der Waals surface area contributed by atoms with Crippen LogP contribution in [0.2, 0.25) is 0 Å². The number of aryl methyl sites for hydroxylation is 2. The first-order chi connectivity index (χ1) is 12.5. The van der Waals surface area contributed by atoms with E-state index in [9.17, 15) is 9.59 Å². The molecule has 5 heteroatoms. The van der Waals surface area contributed by atoms with Gasteiger partial charge < -0.3 is 14.8 Å². The van der Waals surface area contributed by atoms with Crippen molar-refractivity contribution in [1.29, 1.82) is 0 Å². The number of carbonyl (C=O) groups excluding carboxylic acids is 2. The Morgan fingerprint density at radius 3 is 2.42 bits per heavy atom. The second-order valence-electron chi connectivity index (χ2n) is 6.04. The maximum atomic E-state index is 12.1. The van der Waals surface area contributed by atoms with Crippen LogP contribution in [0.25, 0.3) is 0 Å². The van der Waals surface area contributed by atoms with Gasteiger partial charge in [0.1, 0.15) is 5.75 Å². The van der Waals surface area contributed by atoms with E-state index in [0.717, 1.165) is 17.7 Å². The third-order valence-corrected chi connectivity index (χ3v) is 3.96. The van der Waals surface area contributed by atoms with Crippen molar-refractivity contribution >= 4 is 17.6 Å². The first-order valence-corrected chi connectivity index (χ1v) is 8.77. The van der Waals surface area contributed by atoms with E-state index >= 15 is 0 Å². The quantitative estimate of drug-likeness (QED) is 0.730. The number of amides is 1. The minimum Gasteiger partial charge on any atom is -0.493 e. The summed E-state index contributed by atoms with van der Waals surface area (Å²) in [6.07, 6.45) is 0.149. The fourth-order valence-corrected chi connectivity index (χ4v) is 2.34. The van der Waals surface area contributed by atoms with Gasteiger partial charge in [-0.2, -0.15) is 0 Å². The summed E-state index contributed by atoms with van der Waals surface area (Å²) >= 11 is 0. The molecule has 2 aromatic rings. The Bertz CT molecular complexity index is 740. The summed E-state index contributed by atoms with van der Waals surface area (Å²) in [6.45, 7) is 5.76. The number of hydrogen-bond donors (Lipinski definition) is 1. The molecular weight excluding hydrogens is 330 g/mol. The first kappa shape index (κ1) is 19.5. The first-order valence-electron chi connectivity index (χ1n) is 8.77. The summed E-state index contributed by atoms with van der Waals surface area (Å²) in [7, 11) is 0. The number of nitrogens with one attached hydrogen (secondary N) is 1. The highest BCUT2D eigenvalue weighted by atomic mass is 16.5. The van der Waals surface area contributed by atoms with Gasteiger partial charge in [-0.15, -0.1) is 0 Å². The van der Waals surface area contributed by atoms with Crippen molar-refractivity contribution < 1.29 is 19.1 Å². The Hall–Kier alpha value is -2.82. The van der Waals surface area contributed by atoms with E-state index in [1.807, 2.05) is 55.5 Å². The second-order valence-corrected chi connectivity index (χ2v) is 6.04. The number of ether oxygens (including phenoxy) is 2. The van der Waals surface area contributed by atoms with E-state index in [0.29, 0.717) is 5.69 Å². The molecule has 0 aliphatic heterocycles. The topological polar surface area (TPSA) is 64.6 Å². The lowest BCUT2D eigenvalue weighted by molar-refractivity contribution is -0.153. The predicted octanol–water partition coefficient (Wildman–Crippen LogP) is 3.90. The van der Waals surface area contributed by atoms with Gasteiger partial charge >= 0.3 is 5.97 Å². The van der Waals surface area contributed by atoms with Crippen LogP contribution in [-0.2, 0) is 20.7 Å². The molecule has 2 rings (SSSR count). The molecule has 0 radical (unpaired) electrons. The van der Waals surface area contributed by atoms with Crippen molar-refractivity contribution in [3.05, 3.63) is 59.7 Å². The molecule has 138 valence electrons. The molecule has 5 nitrogen and oxygen atoms in total. The van der Waals surface area contributed by atoms with Crippen molar-refractivity contribution in [2.24, 2.45) is 0 Å². The molecule has 2 aromatic carbocycles. The molecule has 0 saturated heterocycles. The van der Waals surface area contributed by atoms with Gasteiger partial charge in [-0.1, -0.05) is 37.3 Å². The van der Waals surface area contributed by atoms with Gasteiger partial charge in [0, 0.05) is 5.69 Å². The number of esters is 1. The molecule has 0 saturated carbocycles. The highest BCUT2D eigenvalue weighted by Gasteiger charge is 2.18. The average molecular weight is 355 g/mol. The minimum absolute atomic E-state index is 0.0805. The van der Waals surface area contributed by atoms with Crippen LogP contribution >= 0.6 is 0 Å². The Labute approximate surface area is 154 Å². The van der Waals surface area contributed by atoms with Crippen molar-refractivity contribution in [3.63, 3.8) is 0 Å². The standard InChI is InChI=1S/C21H25NO4/c1-4-17-9-11-18(12-10-17)22-21(24)16(3)26-20(23)13-14-25-19-8-6-5-7-15(19)2/h5-12,16H,4,13-14H2,1-3H3,(H,22,24)/t16-/m0/s1. The van der Waals surface area contributed by atoms with Crippen LogP contribution in [-0.4, -0.2) is 24.6 Å². The maximum absolute atomic E-state index is 12.1. The molecule has 1 N–H and O–H groups in total. The van der Waals surface area contributed by atoms with Crippen LogP contribution in [0.1, 0.15) is 31.4 Å². The molecule has 1 atom stereocenters. The van der Waals surface area contributed by atoms with Crippen molar-refractivity contribution in [3.8, 4) is 5.75 Å². The average Bonchev–Trinajstić information content (AvgIpc) is 2.64. The van der Waals surface area contributed by atoms with Gasteiger partial charge in [0.15, 0.2) is 6.10 Å². The molecule has 26 heavy (non-hydrogen) atoms. The van der Waals surface area contributed by atoms with Crippen molar-refractivity contribution in [2.45, 2.75) is 39.7 Å². The van der Waals surface area contributed by atoms with Gasteiger partial charge in [-0.05, 0) is 49.6 Å². The Morgan fingerprint density at radius 2 is 1.77 bits per heavy atom. The van der Waals surface area contributed by atoms with Crippen LogP contribution in [0.3, 0.4) is 0 Å². The van der Waals surface area contributed by atoms with Crippen LogP contribution in [0, 0.1) is 6.92 Å². The van der Waals surface area contributed by atoms with Gasteiger partial charge in [-0.25, -0.2) is 0 Å². The highest BCUT2D eigenvalue weighted by molar-refractivity contribution is 5.95. The Kier molecular flexibility index (Phi) is 7.21. The normalized spacial score (nSPS) is 11.5. The maximum Gasteiger partial charge on any atom is 0.310 e. The zero-order valence-electron chi connectivity index (χ0n) is 15.5. The molecule has 1 amide bonds. The van der Waals surface area contributed by atoms with E-state index in [-0.39, 0.29) is 18.9 Å². The minimum atomic E-state index is -0.869. The number of carbonyl (C=O) groups is 2. The Balaban J connectivity index is 1.74. The van der Waals surface area contributed by atoms with Crippen LogP contribution in [0.15, 0.2) is 48.5 Å². The van der Waals surface area contributed by atoms with Gasteiger partial charge in [0.25, 0.3) is 5.91 Å². The molecule has 0 heterocycles. The van der Waals surface area contributed by atoms with Crippen LogP contribution in [0.4, 0.5) is 5.69 Å². The van der Waals surface area contributed by atoms with Crippen molar-refractivity contribution in [1.82, 2.24) is 0 Å². The molecule has 0 aromatic heterocycles. The second kappa shape index (κ2) is 9.61.